The van der Waals surface area contributed by atoms with Gasteiger partial charge in [-0.1, -0.05) is 44.2 Å². The van der Waals surface area contributed by atoms with E-state index in [1.807, 2.05) is 44.2 Å². The summed E-state index contributed by atoms with van der Waals surface area (Å²) >= 11 is 0. The van der Waals surface area contributed by atoms with Crippen LogP contribution in [0.2, 0.25) is 0 Å². The summed E-state index contributed by atoms with van der Waals surface area (Å²) in [6, 6.07) is 9.86. The topological polar surface area (TPSA) is 64.1 Å². The van der Waals surface area contributed by atoms with Gasteiger partial charge in [0.15, 0.2) is 0 Å². The molecular formula is C15H18N2O3. The molecule has 1 N–H and O–H groups in total. The molecule has 1 aromatic carbocycles. The minimum atomic E-state index is -0.549. The molecule has 5 nitrogen and oxygen atoms in total. The second-order valence-electron chi connectivity index (χ2n) is 4.89. The van der Waals surface area contributed by atoms with Crippen molar-refractivity contribution >= 4 is 0 Å². The van der Waals surface area contributed by atoms with Gasteiger partial charge in [-0.3, -0.25) is 9.78 Å². The molecular weight excluding hydrogens is 256 g/mol. The first-order valence-electron chi connectivity index (χ1n) is 6.61. The Labute approximate surface area is 116 Å². The number of aromatic amines is 1. The Bertz CT molecular complexity index is 672. The third-order valence-corrected chi connectivity index (χ3v) is 3.03. The van der Waals surface area contributed by atoms with Gasteiger partial charge in [0.1, 0.15) is 6.61 Å². The predicted molar refractivity (Wildman–Crippen MR) is 77.0 cm³/mol. The zero-order valence-electron chi connectivity index (χ0n) is 11.6. The monoisotopic (exact) mass is 274 g/mol. The third kappa shape index (κ3) is 3.38. The summed E-state index contributed by atoms with van der Waals surface area (Å²) in [4.78, 5) is 30.9. The number of rotatable bonds is 5. The van der Waals surface area contributed by atoms with Crippen LogP contribution < -0.4 is 16.1 Å². The maximum atomic E-state index is 11.6. The molecule has 0 aliphatic heterocycles. The van der Waals surface area contributed by atoms with Crippen LogP contribution in [0.4, 0.5) is 0 Å². The summed E-state index contributed by atoms with van der Waals surface area (Å²) in [7, 11) is 0. The van der Waals surface area contributed by atoms with Crippen molar-refractivity contribution in [3.63, 3.8) is 0 Å². The lowest BCUT2D eigenvalue weighted by atomic mass is 10.1. The molecule has 1 heterocycles. The molecule has 0 aliphatic carbocycles. The van der Waals surface area contributed by atoms with E-state index in [0.29, 0.717) is 18.6 Å². The first-order chi connectivity index (χ1) is 9.58. The number of hydrogen-bond acceptors (Lipinski definition) is 3. The van der Waals surface area contributed by atoms with Gasteiger partial charge in [-0.25, -0.2) is 4.79 Å². The molecule has 5 heteroatoms. The number of aromatic nitrogens is 2. The van der Waals surface area contributed by atoms with Crippen molar-refractivity contribution < 1.29 is 4.84 Å². The summed E-state index contributed by atoms with van der Waals surface area (Å²) in [5.74, 6) is 0.0309. The van der Waals surface area contributed by atoms with Gasteiger partial charge in [-0.2, -0.15) is 0 Å². The van der Waals surface area contributed by atoms with Crippen LogP contribution in [0.5, 0.6) is 0 Å². The summed E-state index contributed by atoms with van der Waals surface area (Å²) < 4.78 is 1.10. The standard InChI is InChI=1S/C15H18N2O3/c1-11(2)13-10-17(15(19)16-14(13)18)20-9-8-12-6-4-3-5-7-12/h3-7,10-11H,8-9H2,1-2H3,(H,16,18,19). The Kier molecular flexibility index (Phi) is 4.40. The summed E-state index contributed by atoms with van der Waals surface area (Å²) in [6.07, 6.45) is 2.17. The average molecular weight is 274 g/mol. The fourth-order valence-corrected chi connectivity index (χ4v) is 1.88. The summed E-state index contributed by atoms with van der Waals surface area (Å²) in [5.41, 5.74) is 0.763. The molecule has 2 rings (SSSR count). The van der Waals surface area contributed by atoms with E-state index in [1.54, 1.807) is 0 Å². The maximum Gasteiger partial charge on any atom is 0.361 e. The van der Waals surface area contributed by atoms with Crippen molar-refractivity contribution in [2.75, 3.05) is 6.61 Å². The van der Waals surface area contributed by atoms with E-state index in [-0.39, 0.29) is 11.5 Å². The Morgan fingerprint density at radius 3 is 2.55 bits per heavy atom. The van der Waals surface area contributed by atoms with E-state index >= 15 is 0 Å². The molecule has 0 saturated carbocycles. The van der Waals surface area contributed by atoms with Crippen LogP contribution in [0.15, 0.2) is 46.1 Å². The van der Waals surface area contributed by atoms with Crippen LogP contribution in [0.3, 0.4) is 0 Å². The van der Waals surface area contributed by atoms with E-state index in [1.165, 1.54) is 6.20 Å². The minimum absolute atomic E-state index is 0.0309. The normalized spacial score (nSPS) is 10.8. The molecule has 2 aromatic rings. The Morgan fingerprint density at radius 2 is 1.90 bits per heavy atom. The fraction of sp³-hybridized carbons (Fsp3) is 0.333. The van der Waals surface area contributed by atoms with Crippen molar-refractivity contribution in [2.45, 2.75) is 26.2 Å². The highest BCUT2D eigenvalue weighted by Gasteiger charge is 2.08. The molecule has 0 spiro atoms. The average Bonchev–Trinajstić information content (AvgIpc) is 2.42. The van der Waals surface area contributed by atoms with Gasteiger partial charge in [0.2, 0.25) is 0 Å². The van der Waals surface area contributed by atoms with Crippen LogP contribution >= 0.6 is 0 Å². The van der Waals surface area contributed by atoms with Crippen LogP contribution in [0.25, 0.3) is 0 Å². The molecule has 1 aromatic heterocycles. The van der Waals surface area contributed by atoms with E-state index in [0.717, 1.165) is 10.3 Å². The number of nitrogens with one attached hydrogen (secondary N) is 1. The quantitative estimate of drug-likeness (QED) is 0.894. The van der Waals surface area contributed by atoms with Crippen molar-refractivity contribution in [3.05, 3.63) is 68.5 Å². The molecule has 0 aliphatic rings. The number of nitrogens with zero attached hydrogens (tertiary/aromatic N) is 1. The van der Waals surface area contributed by atoms with Crippen molar-refractivity contribution in [2.24, 2.45) is 0 Å². The molecule has 0 amide bonds. The number of H-pyrrole nitrogens is 1. The smallest absolute Gasteiger partial charge is 0.361 e. The molecule has 20 heavy (non-hydrogen) atoms. The lowest BCUT2D eigenvalue weighted by molar-refractivity contribution is 0.0997. The molecule has 0 bridgehead atoms. The van der Waals surface area contributed by atoms with E-state index in [2.05, 4.69) is 4.98 Å². The molecule has 0 fully saturated rings. The highest BCUT2D eigenvalue weighted by molar-refractivity contribution is 5.14. The second-order valence-corrected chi connectivity index (χ2v) is 4.89. The number of benzene rings is 1. The van der Waals surface area contributed by atoms with Gasteiger partial charge in [0.05, 0.1) is 6.20 Å². The summed E-state index contributed by atoms with van der Waals surface area (Å²) in [6.45, 7) is 4.15. The Morgan fingerprint density at radius 1 is 1.20 bits per heavy atom. The van der Waals surface area contributed by atoms with Crippen LogP contribution in [-0.2, 0) is 6.42 Å². The molecule has 0 radical (unpaired) electrons. The Balaban J connectivity index is 2.08. The molecule has 0 unspecified atom stereocenters. The van der Waals surface area contributed by atoms with Gasteiger partial charge >= 0.3 is 5.69 Å². The van der Waals surface area contributed by atoms with Crippen molar-refractivity contribution in [1.82, 2.24) is 9.71 Å². The largest absolute Gasteiger partial charge is 0.409 e. The fourth-order valence-electron chi connectivity index (χ4n) is 1.88. The summed E-state index contributed by atoms with van der Waals surface area (Å²) in [5, 5.41) is 0. The van der Waals surface area contributed by atoms with Gasteiger partial charge in [0.25, 0.3) is 5.56 Å². The highest BCUT2D eigenvalue weighted by atomic mass is 16.7. The lowest BCUT2D eigenvalue weighted by Crippen LogP contribution is -2.36. The first kappa shape index (κ1) is 14.1. The molecule has 106 valence electrons. The van der Waals surface area contributed by atoms with Crippen LogP contribution in [-0.4, -0.2) is 16.3 Å². The maximum absolute atomic E-state index is 11.6. The zero-order chi connectivity index (χ0) is 14.5. The van der Waals surface area contributed by atoms with Crippen molar-refractivity contribution in [3.8, 4) is 0 Å². The highest BCUT2D eigenvalue weighted by Crippen LogP contribution is 2.06. The predicted octanol–water partition coefficient (Wildman–Crippen LogP) is 1.33. The first-order valence-corrected chi connectivity index (χ1v) is 6.61. The van der Waals surface area contributed by atoms with Gasteiger partial charge in [0, 0.05) is 12.0 Å². The molecule has 0 atom stereocenters. The SMILES string of the molecule is CC(C)c1cn(OCCc2ccccc2)c(=O)[nH]c1=O. The van der Waals surface area contributed by atoms with Crippen molar-refractivity contribution in [1.29, 1.82) is 0 Å². The van der Waals surface area contributed by atoms with Crippen LogP contribution in [0, 0.1) is 0 Å². The third-order valence-electron chi connectivity index (χ3n) is 3.03. The van der Waals surface area contributed by atoms with E-state index in [9.17, 15) is 9.59 Å². The zero-order valence-corrected chi connectivity index (χ0v) is 11.6. The second kappa shape index (κ2) is 6.23. The molecule has 0 saturated heterocycles. The van der Waals surface area contributed by atoms with E-state index < -0.39 is 5.69 Å². The minimum Gasteiger partial charge on any atom is -0.409 e. The Hall–Kier alpha value is -2.30. The van der Waals surface area contributed by atoms with Gasteiger partial charge in [-0.15, -0.1) is 4.73 Å². The van der Waals surface area contributed by atoms with Gasteiger partial charge in [-0.05, 0) is 11.5 Å². The number of hydrogen-bond donors (Lipinski definition) is 1. The van der Waals surface area contributed by atoms with Crippen LogP contribution in [0.1, 0.15) is 30.9 Å². The van der Waals surface area contributed by atoms with Gasteiger partial charge < -0.3 is 4.84 Å². The van der Waals surface area contributed by atoms with E-state index in [4.69, 9.17) is 4.84 Å². The lowest BCUT2D eigenvalue weighted by Gasteiger charge is -2.10.